The Bertz CT molecular complexity index is 382. The summed E-state index contributed by atoms with van der Waals surface area (Å²) in [7, 11) is 3.68. The van der Waals surface area contributed by atoms with Crippen LogP contribution in [0, 0.1) is 7.05 Å². The normalized spacial score (nSPS) is 10.3. The van der Waals surface area contributed by atoms with Gasteiger partial charge in [0.2, 0.25) is 7.05 Å². The minimum Gasteiger partial charge on any atom is -0.0838 e. The third-order valence-corrected chi connectivity index (χ3v) is 1.60. The van der Waals surface area contributed by atoms with Crippen molar-refractivity contribution in [1.82, 2.24) is 5.10 Å². The molecule has 0 spiro atoms. The molecule has 0 aliphatic heterocycles. The van der Waals surface area contributed by atoms with E-state index in [-0.39, 0.29) is 0 Å². The van der Waals surface area contributed by atoms with Gasteiger partial charge in [-0.15, -0.1) is 0 Å². The van der Waals surface area contributed by atoms with E-state index in [0.717, 1.165) is 10.9 Å². The minimum atomic E-state index is 0.977. The van der Waals surface area contributed by atoms with Crippen molar-refractivity contribution in [3.8, 4) is 0 Å². The van der Waals surface area contributed by atoms with Crippen LogP contribution in [0.4, 0.5) is 0 Å². The second-order valence-electron chi connectivity index (χ2n) is 2.41. The summed E-state index contributed by atoms with van der Waals surface area (Å²) in [5.41, 5.74) is 0.977. The van der Waals surface area contributed by atoms with Gasteiger partial charge in [0.25, 0.3) is 0 Å². The number of rotatable bonds is 0. The standard InChI is InChI=1S/C9H8N2/c1-11-7-6-8-4-2-3-5-9(8)10-11/h2-7H,1H2/q+1. The molecule has 0 unspecified atom stereocenters. The molecule has 11 heavy (non-hydrogen) atoms. The second kappa shape index (κ2) is 2.31. The Morgan fingerprint density at radius 3 is 2.91 bits per heavy atom. The van der Waals surface area contributed by atoms with Gasteiger partial charge in [0.05, 0.1) is 0 Å². The van der Waals surface area contributed by atoms with Crippen LogP contribution in [0.1, 0.15) is 0 Å². The summed E-state index contributed by atoms with van der Waals surface area (Å²) in [6, 6.07) is 9.96. The molecule has 1 heterocycles. The van der Waals surface area contributed by atoms with Gasteiger partial charge in [-0.05, 0) is 6.07 Å². The number of nitrogens with zero attached hydrogens (tertiary/aromatic N) is 2. The Morgan fingerprint density at radius 1 is 1.18 bits per heavy atom. The molecule has 0 aliphatic carbocycles. The third kappa shape index (κ3) is 1.07. The van der Waals surface area contributed by atoms with E-state index in [1.807, 2.05) is 36.5 Å². The van der Waals surface area contributed by atoms with E-state index in [4.69, 9.17) is 0 Å². The average Bonchev–Trinajstić information content (AvgIpc) is 2.04. The topological polar surface area (TPSA) is 16.8 Å². The summed E-state index contributed by atoms with van der Waals surface area (Å²) < 4.78 is 1.56. The van der Waals surface area contributed by atoms with Crippen molar-refractivity contribution in [3.63, 3.8) is 0 Å². The molecule has 0 bridgehead atoms. The van der Waals surface area contributed by atoms with E-state index in [1.165, 1.54) is 0 Å². The van der Waals surface area contributed by atoms with Gasteiger partial charge in [-0.25, -0.2) is 0 Å². The fourth-order valence-corrected chi connectivity index (χ4v) is 1.06. The van der Waals surface area contributed by atoms with E-state index >= 15 is 0 Å². The Hall–Kier alpha value is -1.44. The van der Waals surface area contributed by atoms with Crippen molar-refractivity contribution in [2.75, 3.05) is 0 Å². The summed E-state index contributed by atoms with van der Waals surface area (Å²) in [5, 5.41) is 5.33. The Balaban J connectivity index is 2.83. The van der Waals surface area contributed by atoms with Gasteiger partial charge in [-0.3, -0.25) is 0 Å². The van der Waals surface area contributed by atoms with E-state index in [2.05, 4.69) is 12.1 Å². The molecule has 2 rings (SSSR count). The van der Waals surface area contributed by atoms with Crippen LogP contribution in [-0.4, -0.2) is 5.10 Å². The first kappa shape index (κ1) is 6.28. The highest BCUT2D eigenvalue weighted by Gasteiger charge is 1.97. The Kier molecular flexibility index (Phi) is 1.32. The fourth-order valence-electron chi connectivity index (χ4n) is 1.06. The highest BCUT2D eigenvalue weighted by molar-refractivity contribution is 5.76. The summed E-state index contributed by atoms with van der Waals surface area (Å²) in [6.07, 6.45) is 1.84. The lowest BCUT2D eigenvalue weighted by Gasteiger charge is -1.90. The molecular weight excluding hydrogens is 136 g/mol. The second-order valence-corrected chi connectivity index (χ2v) is 2.41. The molecule has 2 nitrogen and oxygen atoms in total. The highest BCUT2D eigenvalue weighted by atomic mass is 15.2. The average molecular weight is 144 g/mol. The summed E-state index contributed by atoms with van der Waals surface area (Å²) in [4.78, 5) is 0. The van der Waals surface area contributed by atoms with Crippen molar-refractivity contribution in [3.05, 3.63) is 43.6 Å². The van der Waals surface area contributed by atoms with Gasteiger partial charge in [-0.2, -0.15) is 0 Å². The van der Waals surface area contributed by atoms with Crippen LogP contribution in [-0.2, 0) is 0 Å². The van der Waals surface area contributed by atoms with Gasteiger partial charge in [0.1, 0.15) is 5.52 Å². The lowest BCUT2D eigenvalue weighted by Crippen LogP contribution is -2.29. The Morgan fingerprint density at radius 2 is 2.00 bits per heavy atom. The van der Waals surface area contributed by atoms with Crippen molar-refractivity contribution in [2.24, 2.45) is 0 Å². The lowest BCUT2D eigenvalue weighted by molar-refractivity contribution is -0.673. The van der Waals surface area contributed by atoms with Gasteiger partial charge in [0, 0.05) is 16.6 Å². The number of hydrogen-bond donors (Lipinski definition) is 0. The fraction of sp³-hybridized carbons (Fsp3) is 0. The largest absolute Gasteiger partial charge is 0.234 e. The monoisotopic (exact) mass is 144 g/mol. The van der Waals surface area contributed by atoms with Crippen molar-refractivity contribution in [1.29, 1.82) is 0 Å². The maximum Gasteiger partial charge on any atom is 0.234 e. The molecule has 0 aliphatic rings. The van der Waals surface area contributed by atoms with Gasteiger partial charge in [0.15, 0.2) is 6.20 Å². The molecule has 0 saturated heterocycles. The SMILES string of the molecule is [CH2][n+]1ccc2ccccc2n1. The van der Waals surface area contributed by atoms with Gasteiger partial charge in [-0.1, -0.05) is 22.9 Å². The third-order valence-electron chi connectivity index (χ3n) is 1.60. The number of fused-ring (bicyclic) bond motifs is 1. The minimum absolute atomic E-state index is 0.977. The summed E-state index contributed by atoms with van der Waals surface area (Å²) in [6.45, 7) is 0. The van der Waals surface area contributed by atoms with Crippen molar-refractivity contribution in [2.45, 2.75) is 0 Å². The first-order valence-corrected chi connectivity index (χ1v) is 3.45. The first-order chi connectivity index (χ1) is 5.36. The molecule has 0 saturated carbocycles. The van der Waals surface area contributed by atoms with Crippen molar-refractivity contribution >= 4 is 10.9 Å². The highest BCUT2D eigenvalue weighted by Crippen LogP contribution is 2.06. The maximum absolute atomic E-state index is 4.18. The lowest BCUT2D eigenvalue weighted by atomic mass is 10.2. The zero-order valence-electron chi connectivity index (χ0n) is 6.07. The van der Waals surface area contributed by atoms with Crippen LogP contribution >= 0.6 is 0 Å². The predicted octanol–water partition coefficient (Wildman–Crippen LogP) is 1.16. The van der Waals surface area contributed by atoms with Crippen molar-refractivity contribution < 1.29 is 4.68 Å². The molecule has 1 aromatic carbocycles. The van der Waals surface area contributed by atoms with Crippen LogP contribution in [0.25, 0.3) is 10.9 Å². The summed E-state index contributed by atoms with van der Waals surface area (Å²) >= 11 is 0. The quantitative estimate of drug-likeness (QED) is 0.507. The number of hydrogen-bond acceptors (Lipinski definition) is 1. The number of benzene rings is 1. The molecule has 0 N–H and O–H groups in total. The van der Waals surface area contributed by atoms with E-state index in [9.17, 15) is 0 Å². The first-order valence-electron chi connectivity index (χ1n) is 3.45. The van der Waals surface area contributed by atoms with E-state index in [0.29, 0.717) is 0 Å². The molecule has 0 amide bonds. The Labute approximate surface area is 65.1 Å². The molecular formula is C9H8N2+. The smallest absolute Gasteiger partial charge is 0.0838 e. The molecule has 0 fully saturated rings. The zero-order chi connectivity index (χ0) is 7.68. The maximum atomic E-state index is 4.18. The zero-order valence-corrected chi connectivity index (χ0v) is 6.07. The molecule has 53 valence electrons. The van der Waals surface area contributed by atoms with Crippen LogP contribution in [0.2, 0.25) is 0 Å². The van der Waals surface area contributed by atoms with Crippen LogP contribution < -0.4 is 4.68 Å². The van der Waals surface area contributed by atoms with E-state index in [1.54, 1.807) is 4.68 Å². The molecule has 0 atom stereocenters. The molecule has 2 heteroatoms. The van der Waals surface area contributed by atoms with Crippen LogP contribution in [0.15, 0.2) is 36.5 Å². The predicted molar refractivity (Wildman–Crippen MR) is 42.7 cm³/mol. The molecule has 1 aromatic heterocycles. The van der Waals surface area contributed by atoms with Crippen LogP contribution in [0.5, 0.6) is 0 Å². The summed E-state index contributed by atoms with van der Waals surface area (Å²) in [5.74, 6) is 0. The van der Waals surface area contributed by atoms with Gasteiger partial charge < -0.3 is 0 Å². The molecule has 1 radical (unpaired) electrons. The molecule has 2 aromatic rings. The van der Waals surface area contributed by atoms with E-state index < -0.39 is 0 Å². The number of aromatic nitrogens is 2. The van der Waals surface area contributed by atoms with Crippen LogP contribution in [0.3, 0.4) is 0 Å². The van der Waals surface area contributed by atoms with Gasteiger partial charge >= 0.3 is 0 Å².